The maximum Gasteiger partial charge on any atom is 0.234 e. The van der Waals surface area contributed by atoms with Crippen molar-refractivity contribution in [1.82, 2.24) is 10.2 Å². The van der Waals surface area contributed by atoms with Crippen molar-refractivity contribution >= 4 is 5.91 Å². The molecule has 110 valence electrons. The van der Waals surface area contributed by atoms with Crippen molar-refractivity contribution < 1.29 is 4.79 Å². The molecule has 0 aromatic heterocycles. The Morgan fingerprint density at radius 1 is 1.30 bits per heavy atom. The van der Waals surface area contributed by atoms with Crippen LogP contribution in [0.5, 0.6) is 0 Å². The van der Waals surface area contributed by atoms with Crippen LogP contribution in [-0.2, 0) is 10.2 Å². The average molecular weight is 274 g/mol. The number of rotatable bonds is 8. The first-order valence-electron chi connectivity index (χ1n) is 7.67. The molecule has 1 aromatic rings. The van der Waals surface area contributed by atoms with Crippen molar-refractivity contribution in [3.63, 3.8) is 0 Å². The van der Waals surface area contributed by atoms with Gasteiger partial charge in [0.2, 0.25) is 5.91 Å². The molecule has 3 nitrogen and oxygen atoms in total. The fraction of sp³-hybridized carbons (Fsp3) is 0.588. The van der Waals surface area contributed by atoms with E-state index in [1.165, 1.54) is 24.8 Å². The molecule has 0 unspecified atom stereocenters. The van der Waals surface area contributed by atoms with Crippen molar-refractivity contribution in [3.05, 3.63) is 35.9 Å². The highest BCUT2D eigenvalue weighted by molar-refractivity contribution is 5.78. The molecule has 0 atom stereocenters. The second-order valence-electron chi connectivity index (χ2n) is 6.01. The Morgan fingerprint density at radius 2 is 2.00 bits per heavy atom. The number of benzene rings is 1. The van der Waals surface area contributed by atoms with Crippen LogP contribution in [0.25, 0.3) is 0 Å². The molecule has 0 aliphatic heterocycles. The molecule has 0 bridgehead atoms. The second kappa shape index (κ2) is 6.89. The topological polar surface area (TPSA) is 32.3 Å². The van der Waals surface area contributed by atoms with E-state index in [1.54, 1.807) is 0 Å². The van der Waals surface area contributed by atoms with E-state index in [9.17, 15) is 4.79 Å². The molecular weight excluding hydrogens is 248 g/mol. The SMILES string of the molecule is CCCCN(C)CC(=O)NCC1(c2ccccc2)CC1. The number of likely N-dealkylation sites (N-methyl/N-ethyl adjacent to an activating group) is 1. The Bertz CT molecular complexity index is 426. The van der Waals surface area contributed by atoms with E-state index in [0.29, 0.717) is 6.54 Å². The lowest BCUT2D eigenvalue weighted by atomic mass is 9.96. The predicted molar refractivity (Wildman–Crippen MR) is 82.8 cm³/mol. The minimum atomic E-state index is 0.144. The van der Waals surface area contributed by atoms with Gasteiger partial charge in [-0.25, -0.2) is 0 Å². The van der Waals surface area contributed by atoms with Gasteiger partial charge in [-0.1, -0.05) is 43.7 Å². The van der Waals surface area contributed by atoms with Gasteiger partial charge in [0.1, 0.15) is 0 Å². The Labute approximate surface area is 122 Å². The average Bonchev–Trinajstić information content (AvgIpc) is 3.25. The number of carbonyl (C=O) groups excluding carboxylic acids is 1. The zero-order valence-electron chi connectivity index (χ0n) is 12.7. The lowest BCUT2D eigenvalue weighted by Gasteiger charge is -2.19. The van der Waals surface area contributed by atoms with Crippen LogP contribution in [0.2, 0.25) is 0 Å². The fourth-order valence-corrected chi connectivity index (χ4v) is 2.59. The third-order valence-corrected chi connectivity index (χ3v) is 4.17. The lowest BCUT2D eigenvalue weighted by molar-refractivity contribution is -0.122. The minimum Gasteiger partial charge on any atom is -0.354 e. The number of hydrogen-bond acceptors (Lipinski definition) is 2. The van der Waals surface area contributed by atoms with Gasteiger partial charge >= 0.3 is 0 Å². The van der Waals surface area contributed by atoms with Gasteiger partial charge in [0.15, 0.2) is 0 Å². The Hall–Kier alpha value is -1.35. The molecule has 1 amide bonds. The molecule has 1 aromatic carbocycles. The molecule has 0 saturated heterocycles. The van der Waals surface area contributed by atoms with Crippen molar-refractivity contribution in [2.75, 3.05) is 26.7 Å². The number of hydrogen-bond donors (Lipinski definition) is 1. The monoisotopic (exact) mass is 274 g/mol. The first-order valence-corrected chi connectivity index (χ1v) is 7.67. The Kier molecular flexibility index (Phi) is 5.18. The van der Waals surface area contributed by atoms with Crippen LogP contribution in [0, 0.1) is 0 Å². The number of nitrogens with zero attached hydrogens (tertiary/aromatic N) is 1. The van der Waals surface area contributed by atoms with Crippen LogP contribution in [0.4, 0.5) is 0 Å². The maximum absolute atomic E-state index is 12.0. The minimum absolute atomic E-state index is 0.144. The molecule has 1 aliphatic carbocycles. The molecule has 0 radical (unpaired) electrons. The fourth-order valence-electron chi connectivity index (χ4n) is 2.59. The highest BCUT2D eigenvalue weighted by Crippen LogP contribution is 2.47. The summed E-state index contributed by atoms with van der Waals surface area (Å²) in [6.45, 7) is 4.45. The maximum atomic E-state index is 12.0. The van der Waals surface area contributed by atoms with Crippen molar-refractivity contribution in [1.29, 1.82) is 0 Å². The highest BCUT2D eigenvalue weighted by atomic mass is 16.2. The van der Waals surface area contributed by atoms with Gasteiger partial charge in [-0.15, -0.1) is 0 Å². The first-order chi connectivity index (χ1) is 9.66. The van der Waals surface area contributed by atoms with Gasteiger partial charge in [-0.05, 0) is 38.4 Å². The third-order valence-electron chi connectivity index (χ3n) is 4.17. The van der Waals surface area contributed by atoms with Crippen LogP contribution < -0.4 is 5.32 Å². The number of carbonyl (C=O) groups is 1. The summed E-state index contributed by atoms with van der Waals surface area (Å²) >= 11 is 0. The highest BCUT2D eigenvalue weighted by Gasteiger charge is 2.44. The van der Waals surface area contributed by atoms with E-state index in [2.05, 4.69) is 41.4 Å². The van der Waals surface area contributed by atoms with E-state index in [1.807, 2.05) is 13.1 Å². The van der Waals surface area contributed by atoms with Crippen molar-refractivity contribution in [2.45, 2.75) is 38.0 Å². The standard InChI is InChI=1S/C17H26N2O/c1-3-4-12-19(2)13-16(20)18-14-17(10-11-17)15-8-6-5-7-9-15/h5-9H,3-4,10-14H2,1-2H3,(H,18,20). The van der Waals surface area contributed by atoms with E-state index >= 15 is 0 Å². The van der Waals surface area contributed by atoms with E-state index < -0.39 is 0 Å². The van der Waals surface area contributed by atoms with E-state index in [4.69, 9.17) is 0 Å². The summed E-state index contributed by atoms with van der Waals surface area (Å²) in [5.74, 6) is 0.144. The zero-order chi connectivity index (χ0) is 14.4. The molecular formula is C17H26N2O. The Balaban J connectivity index is 1.76. The van der Waals surface area contributed by atoms with Gasteiger partial charge in [-0.2, -0.15) is 0 Å². The van der Waals surface area contributed by atoms with Gasteiger partial charge in [0, 0.05) is 12.0 Å². The van der Waals surface area contributed by atoms with Gasteiger partial charge < -0.3 is 5.32 Å². The summed E-state index contributed by atoms with van der Waals surface area (Å²) in [4.78, 5) is 14.1. The normalized spacial score (nSPS) is 16.1. The van der Waals surface area contributed by atoms with Crippen LogP contribution in [0.1, 0.15) is 38.2 Å². The van der Waals surface area contributed by atoms with Gasteiger partial charge in [-0.3, -0.25) is 9.69 Å². The molecule has 1 fully saturated rings. The van der Waals surface area contributed by atoms with Gasteiger partial charge in [0.25, 0.3) is 0 Å². The van der Waals surface area contributed by atoms with Crippen LogP contribution >= 0.6 is 0 Å². The summed E-state index contributed by atoms with van der Waals surface area (Å²) in [7, 11) is 2.01. The summed E-state index contributed by atoms with van der Waals surface area (Å²) in [6, 6.07) is 10.5. The number of nitrogens with one attached hydrogen (secondary N) is 1. The summed E-state index contributed by atoms with van der Waals surface area (Å²) in [5, 5.41) is 3.11. The first kappa shape index (κ1) is 15.0. The zero-order valence-corrected chi connectivity index (χ0v) is 12.7. The molecule has 3 heteroatoms. The van der Waals surface area contributed by atoms with Crippen LogP contribution in [-0.4, -0.2) is 37.5 Å². The quantitative estimate of drug-likeness (QED) is 0.790. The van der Waals surface area contributed by atoms with Crippen molar-refractivity contribution in [3.8, 4) is 0 Å². The molecule has 0 heterocycles. The van der Waals surface area contributed by atoms with Crippen LogP contribution in [0.3, 0.4) is 0 Å². The molecule has 20 heavy (non-hydrogen) atoms. The molecule has 1 saturated carbocycles. The smallest absolute Gasteiger partial charge is 0.234 e. The lowest BCUT2D eigenvalue weighted by Crippen LogP contribution is -2.39. The molecule has 2 rings (SSSR count). The van der Waals surface area contributed by atoms with E-state index in [0.717, 1.165) is 19.5 Å². The summed E-state index contributed by atoms with van der Waals surface area (Å²) in [6.07, 6.45) is 4.69. The third kappa shape index (κ3) is 4.07. The number of amides is 1. The van der Waals surface area contributed by atoms with Gasteiger partial charge in [0.05, 0.1) is 6.54 Å². The van der Waals surface area contributed by atoms with Crippen molar-refractivity contribution in [2.24, 2.45) is 0 Å². The molecule has 0 spiro atoms. The number of unbranched alkanes of at least 4 members (excludes halogenated alkanes) is 1. The predicted octanol–water partition coefficient (Wildman–Crippen LogP) is 2.57. The molecule has 1 aliphatic rings. The Morgan fingerprint density at radius 3 is 2.60 bits per heavy atom. The van der Waals surface area contributed by atoms with Crippen LogP contribution in [0.15, 0.2) is 30.3 Å². The molecule has 1 N–H and O–H groups in total. The largest absolute Gasteiger partial charge is 0.354 e. The van der Waals surface area contributed by atoms with E-state index in [-0.39, 0.29) is 11.3 Å². The second-order valence-corrected chi connectivity index (χ2v) is 6.01. The summed E-state index contributed by atoms with van der Waals surface area (Å²) in [5.41, 5.74) is 1.57. The summed E-state index contributed by atoms with van der Waals surface area (Å²) < 4.78 is 0.